The molecule has 2 fully saturated rings. The average Bonchev–Trinajstić information content (AvgIpc) is 2.47. The SMILES string of the molecule is CC(=O)NC1(C(=O)N2CCC(CC(N)=O)CC2)CCCCC1. The summed E-state index contributed by atoms with van der Waals surface area (Å²) in [7, 11) is 0. The summed E-state index contributed by atoms with van der Waals surface area (Å²) >= 11 is 0. The normalized spacial score (nSPS) is 22.1. The van der Waals surface area contributed by atoms with Crippen LogP contribution in [0.5, 0.6) is 0 Å². The van der Waals surface area contributed by atoms with Crippen molar-refractivity contribution in [1.29, 1.82) is 0 Å². The number of carbonyl (C=O) groups is 3. The zero-order chi connectivity index (χ0) is 16.2. The van der Waals surface area contributed by atoms with Gasteiger partial charge in [0.15, 0.2) is 0 Å². The van der Waals surface area contributed by atoms with E-state index in [9.17, 15) is 14.4 Å². The molecule has 0 aromatic heterocycles. The Morgan fingerprint density at radius 2 is 1.73 bits per heavy atom. The Labute approximate surface area is 131 Å². The van der Waals surface area contributed by atoms with Crippen molar-refractivity contribution in [3.05, 3.63) is 0 Å². The first-order valence-electron chi connectivity index (χ1n) is 8.29. The standard InChI is InChI=1S/C16H27N3O3/c1-12(20)18-16(7-3-2-4-8-16)15(22)19-9-5-13(6-10-19)11-14(17)21/h13H,2-11H2,1H3,(H2,17,21)(H,18,20). The highest BCUT2D eigenvalue weighted by atomic mass is 16.2. The van der Waals surface area contributed by atoms with Crippen LogP contribution in [0.1, 0.15) is 58.3 Å². The van der Waals surface area contributed by atoms with Crippen LogP contribution >= 0.6 is 0 Å². The number of rotatable bonds is 4. The molecule has 0 spiro atoms. The highest BCUT2D eigenvalue weighted by Gasteiger charge is 2.43. The summed E-state index contributed by atoms with van der Waals surface area (Å²) in [6.45, 7) is 2.78. The zero-order valence-corrected chi connectivity index (χ0v) is 13.4. The molecule has 3 amide bonds. The monoisotopic (exact) mass is 309 g/mol. The molecular weight excluding hydrogens is 282 g/mol. The largest absolute Gasteiger partial charge is 0.370 e. The molecule has 0 atom stereocenters. The van der Waals surface area contributed by atoms with Crippen molar-refractivity contribution in [2.75, 3.05) is 13.1 Å². The highest BCUT2D eigenvalue weighted by Crippen LogP contribution is 2.32. The average molecular weight is 309 g/mol. The Morgan fingerprint density at radius 1 is 1.14 bits per heavy atom. The highest BCUT2D eigenvalue weighted by molar-refractivity contribution is 5.91. The number of amides is 3. The van der Waals surface area contributed by atoms with Crippen molar-refractivity contribution >= 4 is 17.7 Å². The Kier molecular flexibility index (Phi) is 5.42. The number of nitrogens with zero attached hydrogens (tertiary/aromatic N) is 1. The van der Waals surface area contributed by atoms with Gasteiger partial charge in [0, 0.05) is 26.4 Å². The van der Waals surface area contributed by atoms with E-state index < -0.39 is 5.54 Å². The van der Waals surface area contributed by atoms with E-state index in [1.807, 2.05) is 4.90 Å². The van der Waals surface area contributed by atoms with E-state index in [0.29, 0.717) is 19.5 Å². The molecule has 3 N–H and O–H groups in total. The molecule has 1 heterocycles. The summed E-state index contributed by atoms with van der Waals surface area (Å²) in [6.07, 6.45) is 6.55. The van der Waals surface area contributed by atoms with Gasteiger partial charge in [-0.1, -0.05) is 19.3 Å². The number of primary amides is 1. The van der Waals surface area contributed by atoms with Gasteiger partial charge in [-0.15, -0.1) is 0 Å². The van der Waals surface area contributed by atoms with Crippen LogP contribution in [0.3, 0.4) is 0 Å². The minimum absolute atomic E-state index is 0.0555. The Hall–Kier alpha value is -1.59. The number of nitrogens with one attached hydrogen (secondary N) is 1. The second-order valence-corrected chi connectivity index (χ2v) is 6.73. The van der Waals surface area contributed by atoms with Crippen molar-refractivity contribution in [1.82, 2.24) is 10.2 Å². The van der Waals surface area contributed by atoms with Crippen LogP contribution < -0.4 is 11.1 Å². The van der Waals surface area contributed by atoms with Crippen LogP contribution in [0, 0.1) is 5.92 Å². The minimum Gasteiger partial charge on any atom is -0.370 e. The third-order valence-electron chi connectivity index (χ3n) is 4.92. The van der Waals surface area contributed by atoms with Gasteiger partial charge in [0.05, 0.1) is 0 Å². The molecule has 1 saturated heterocycles. The molecule has 6 heteroatoms. The van der Waals surface area contributed by atoms with E-state index in [-0.39, 0.29) is 23.6 Å². The third kappa shape index (κ3) is 3.99. The van der Waals surface area contributed by atoms with Crippen LogP contribution in [0.15, 0.2) is 0 Å². The van der Waals surface area contributed by atoms with Crippen LogP contribution in [0.25, 0.3) is 0 Å². The lowest BCUT2D eigenvalue weighted by molar-refractivity contribution is -0.144. The van der Waals surface area contributed by atoms with E-state index in [1.54, 1.807) is 0 Å². The van der Waals surface area contributed by atoms with Gasteiger partial charge in [0.1, 0.15) is 5.54 Å². The topological polar surface area (TPSA) is 92.5 Å². The molecular formula is C16H27N3O3. The predicted molar refractivity (Wildman–Crippen MR) is 82.7 cm³/mol. The smallest absolute Gasteiger partial charge is 0.248 e. The molecule has 0 unspecified atom stereocenters. The lowest BCUT2D eigenvalue weighted by Crippen LogP contribution is -2.61. The number of nitrogens with two attached hydrogens (primary N) is 1. The number of hydrogen-bond donors (Lipinski definition) is 2. The molecule has 1 aliphatic heterocycles. The number of carbonyl (C=O) groups excluding carboxylic acids is 3. The van der Waals surface area contributed by atoms with Crippen molar-refractivity contribution < 1.29 is 14.4 Å². The number of piperidine rings is 1. The van der Waals surface area contributed by atoms with Gasteiger partial charge >= 0.3 is 0 Å². The third-order valence-corrected chi connectivity index (χ3v) is 4.92. The fraction of sp³-hybridized carbons (Fsp3) is 0.812. The fourth-order valence-corrected chi connectivity index (χ4v) is 3.81. The van der Waals surface area contributed by atoms with E-state index >= 15 is 0 Å². The van der Waals surface area contributed by atoms with Gasteiger partial charge in [-0.2, -0.15) is 0 Å². The van der Waals surface area contributed by atoms with Gasteiger partial charge in [-0.25, -0.2) is 0 Å². The predicted octanol–water partition coefficient (Wildman–Crippen LogP) is 0.939. The Bertz CT molecular complexity index is 436. The summed E-state index contributed by atoms with van der Waals surface area (Å²) in [6, 6.07) is 0. The molecule has 124 valence electrons. The van der Waals surface area contributed by atoms with Crippen molar-refractivity contribution in [2.45, 2.75) is 63.8 Å². The summed E-state index contributed by atoms with van der Waals surface area (Å²) in [4.78, 5) is 37.4. The first kappa shape index (κ1) is 16.8. The lowest BCUT2D eigenvalue weighted by Gasteiger charge is -2.42. The molecule has 22 heavy (non-hydrogen) atoms. The van der Waals surface area contributed by atoms with Gasteiger partial charge in [0.25, 0.3) is 0 Å². The molecule has 0 radical (unpaired) electrons. The first-order valence-corrected chi connectivity index (χ1v) is 8.29. The van der Waals surface area contributed by atoms with E-state index in [0.717, 1.165) is 44.9 Å². The number of likely N-dealkylation sites (tertiary alicyclic amines) is 1. The van der Waals surface area contributed by atoms with Crippen molar-refractivity contribution in [3.8, 4) is 0 Å². The summed E-state index contributed by atoms with van der Waals surface area (Å²) in [5.41, 5.74) is 4.54. The second kappa shape index (κ2) is 7.11. The molecule has 2 rings (SSSR count). The first-order chi connectivity index (χ1) is 10.4. The Morgan fingerprint density at radius 3 is 2.23 bits per heavy atom. The van der Waals surface area contributed by atoms with Crippen molar-refractivity contribution in [3.63, 3.8) is 0 Å². The van der Waals surface area contributed by atoms with Gasteiger partial charge < -0.3 is 16.0 Å². The summed E-state index contributed by atoms with van der Waals surface area (Å²) < 4.78 is 0. The van der Waals surface area contributed by atoms with Gasteiger partial charge in [-0.05, 0) is 31.6 Å². The van der Waals surface area contributed by atoms with Crippen LogP contribution in [0.4, 0.5) is 0 Å². The van der Waals surface area contributed by atoms with Crippen LogP contribution in [-0.2, 0) is 14.4 Å². The lowest BCUT2D eigenvalue weighted by atomic mass is 9.79. The van der Waals surface area contributed by atoms with E-state index in [2.05, 4.69) is 5.32 Å². The molecule has 6 nitrogen and oxygen atoms in total. The molecule has 0 aromatic rings. The van der Waals surface area contributed by atoms with Crippen LogP contribution in [-0.4, -0.2) is 41.2 Å². The number of hydrogen-bond acceptors (Lipinski definition) is 3. The summed E-state index contributed by atoms with van der Waals surface area (Å²) in [5.74, 6) is -0.0739. The van der Waals surface area contributed by atoms with E-state index in [4.69, 9.17) is 5.73 Å². The van der Waals surface area contributed by atoms with Gasteiger partial charge in [-0.3, -0.25) is 14.4 Å². The molecule has 0 aromatic carbocycles. The van der Waals surface area contributed by atoms with Crippen molar-refractivity contribution in [2.24, 2.45) is 11.7 Å². The van der Waals surface area contributed by atoms with Gasteiger partial charge in [0.2, 0.25) is 17.7 Å². The maximum absolute atomic E-state index is 13.0. The summed E-state index contributed by atoms with van der Waals surface area (Å²) in [5, 5.41) is 2.93. The van der Waals surface area contributed by atoms with E-state index in [1.165, 1.54) is 6.92 Å². The maximum Gasteiger partial charge on any atom is 0.248 e. The molecule has 0 bridgehead atoms. The van der Waals surface area contributed by atoms with Crippen LogP contribution in [0.2, 0.25) is 0 Å². The maximum atomic E-state index is 13.0. The minimum atomic E-state index is -0.708. The zero-order valence-electron chi connectivity index (χ0n) is 13.4. The fourth-order valence-electron chi connectivity index (χ4n) is 3.81. The second-order valence-electron chi connectivity index (χ2n) is 6.73. The molecule has 1 aliphatic carbocycles. The Balaban J connectivity index is 1.99. The molecule has 2 aliphatic rings. The molecule has 1 saturated carbocycles. The quantitative estimate of drug-likeness (QED) is 0.809.